The molecule has 4 rings (SSSR count). The molecule has 3 atom stereocenters. The number of halogens is 1. The Labute approximate surface area is 159 Å². The molecule has 1 saturated heterocycles. The van der Waals surface area contributed by atoms with E-state index in [1.54, 1.807) is 26.5 Å². The topological polar surface area (TPSA) is 60.6 Å². The zero-order chi connectivity index (χ0) is 19.0. The van der Waals surface area contributed by atoms with E-state index in [2.05, 4.69) is 22.0 Å². The van der Waals surface area contributed by atoms with Crippen molar-refractivity contribution in [3.63, 3.8) is 0 Å². The molecule has 2 aliphatic heterocycles. The van der Waals surface area contributed by atoms with Gasteiger partial charge in [0.1, 0.15) is 6.67 Å². The standard InChI is InChI=1S/C21H26FN3O2/c1-26-20-8-14-4-6-25-12-16(18-7-13(11-22)3-5-24-18)17(23)10-19(25)15(14)9-21(20)27-2/h3,5,7-9,16-17,19H,4,6,10-12,23H2,1-2H3/t16-,17?,19-/m0/s1. The zero-order valence-electron chi connectivity index (χ0n) is 15.8. The average Bonchev–Trinajstić information content (AvgIpc) is 2.72. The molecule has 0 bridgehead atoms. The van der Waals surface area contributed by atoms with E-state index >= 15 is 0 Å². The minimum absolute atomic E-state index is 0.0207. The third-order valence-electron chi connectivity index (χ3n) is 5.94. The molecule has 1 fully saturated rings. The Bertz CT molecular complexity index is 829. The predicted molar refractivity (Wildman–Crippen MR) is 102 cm³/mol. The summed E-state index contributed by atoms with van der Waals surface area (Å²) in [7, 11) is 3.33. The van der Waals surface area contributed by atoms with Crippen LogP contribution < -0.4 is 15.2 Å². The van der Waals surface area contributed by atoms with E-state index in [9.17, 15) is 4.39 Å². The molecule has 6 heteroatoms. The van der Waals surface area contributed by atoms with E-state index in [-0.39, 0.29) is 18.0 Å². The third kappa shape index (κ3) is 3.28. The number of benzene rings is 1. The number of rotatable bonds is 4. The van der Waals surface area contributed by atoms with Crippen LogP contribution in [0.25, 0.3) is 0 Å². The maximum absolute atomic E-state index is 13.0. The minimum atomic E-state index is -0.473. The van der Waals surface area contributed by atoms with E-state index in [1.165, 1.54) is 11.1 Å². The first-order valence-electron chi connectivity index (χ1n) is 9.39. The number of methoxy groups -OCH3 is 2. The molecule has 0 aliphatic carbocycles. The molecular weight excluding hydrogens is 345 g/mol. The maximum atomic E-state index is 13.0. The number of fused-ring (bicyclic) bond motifs is 3. The molecular formula is C21H26FN3O2. The van der Waals surface area contributed by atoms with Crippen LogP contribution in [0.15, 0.2) is 30.5 Å². The summed E-state index contributed by atoms with van der Waals surface area (Å²) in [6, 6.07) is 8.01. The zero-order valence-corrected chi connectivity index (χ0v) is 15.8. The fraction of sp³-hybridized carbons (Fsp3) is 0.476. The predicted octanol–water partition coefficient (Wildman–Crippen LogP) is 2.98. The quantitative estimate of drug-likeness (QED) is 0.895. The number of alkyl halides is 1. The van der Waals surface area contributed by atoms with Crippen molar-refractivity contribution in [2.45, 2.75) is 37.5 Å². The normalized spacial score (nSPS) is 24.8. The number of ether oxygens (including phenoxy) is 2. The van der Waals surface area contributed by atoms with Crippen LogP contribution >= 0.6 is 0 Å². The van der Waals surface area contributed by atoms with Crippen LogP contribution in [0.2, 0.25) is 0 Å². The van der Waals surface area contributed by atoms with Gasteiger partial charge in [-0.2, -0.15) is 0 Å². The fourth-order valence-electron chi connectivity index (χ4n) is 4.48. The largest absolute Gasteiger partial charge is 0.493 e. The molecule has 1 unspecified atom stereocenters. The Hall–Kier alpha value is -2.18. The lowest BCUT2D eigenvalue weighted by Crippen LogP contribution is -2.50. The molecule has 27 heavy (non-hydrogen) atoms. The molecule has 144 valence electrons. The number of aromatic nitrogens is 1. The molecule has 1 aromatic carbocycles. The van der Waals surface area contributed by atoms with Crippen molar-refractivity contribution in [2.24, 2.45) is 5.73 Å². The van der Waals surface area contributed by atoms with Gasteiger partial charge in [0.2, 0.25) is 0 Å². The monoisotopic (exact) mass is 371 g/mol. The van der Waals surface area contributed by atoms with Crippen molar-refractivity contribution in [1.29, 1.82) is 0 Å². The van der Waals surface area contributed by atoms with Gasteiger partial charge in [-0.15, -0.1) is 0 Å². The van der Waals surface area contributed by atoms with Gasteiger partial charge in [-0.1, -0.05) is 0 Å². The van der Waals surface area contributed by atoms with Gasteiger partial charge in [0.25, 0.3) is 0 Å². The van der Waals surface area contributed by atoms with Gasteiger partial charge >= 0.3 is 0 Å². The Kier molecular flexibility index (Phi) is 5.02. The molecule has 2 aromatic rings. The van der Waals surface area contributed by atoms with E-state index in [4.69, 9.17) is 15.2 Å². The molecule has 0 radical (unpaired) electrons. The van der Waals surface area contributed by atoms with Crippen molar-refractivity contribution in [2.75, 3.05) is 27.3 Å². The summed E-state index contributed by atoms with van der Waals surface area (Å²) in [4.78, 5) is 6.96. The lowest BCUT2D eigenvalue weighted by atomic mass is 9.79. The first-order valence-corrected chi connectivity index (χ1v) is 9.39. The SMILES string of the molecule is COc1cc2c(cc1OC)[C@@H]1CC(N)[C@@H](c3cc(CF)ccn3)CN1CC2. The number of nitrogens with zero attached hydrogens (tertiary/aromatic N) is 2. The van der Waals surface area contributed by atoms with Gasteiger partial charge in [0, 0.05) is 43.0 Å². The second kappa shape index (κ2) is 7.44. The van der Waals surface area contributed by atoms with Crippen molar-refractivity contribution < 1.29 is 13.9 Å². The Morgan fingerprint density at radius 3 is 2.74 bits per heavy atom. The Balaban J connectivity index is 1.63. The van der Waals surface area contributed by atoms with Crippen molar-refractivity contribution in [1.82, 2.24) is 9.88 Å². The summed E-state index contributed by atoms with van der Waals surface area (Å²) >= 11 is 0. The summed E-state index contributed by atoms with van der Waals surface area (Å²) in [5.41, 5.74) is 10.7. The van der Waals surface area contributed by atoms with Crippen LogP contribution in [-0.4, -0.2) is 43.2 Å². The van der Waals surface area contributed by atoms with E-state index in [1.807, 2.05) is 6.07 Å². The minimum Gasteiger partial charge on any atom is -0.493 e. The summed E-state index contributed by atoms with van der Waals surface area (Å²) in [5, 5.41) is 0. The number of nitrogens with two attached hydrogens (primary N) is 1. The Morgan fingerprint density at radius 1 is 1.22 bits per heavy atom. The van der Waals surface area contributed by atoms with Crippen LogP contribution in [0.1, 0.15) is 40.8 Å². The second-order valence-corrected chi connectivity index (χ2v) is 7.40. The maximum Gasteiger partial charge on any atom is 0.161 e. The lowest BCUT2D eigenvalue weighted by molar-refractivity contribution is 0.108. The number of piperidine rings is 1. The molecule has 2 aliphatic rings. The summed E-state index contributed by atoms with van der Waals surface area (Å²) in [6.45, 7) is 1.33. The van der Waals surface area contributed by atoms with Gasteiger partial charge in [-0.05, 0) is 53.8 Å². The summed E-state index contributed by atoms with van der Waals surface area (Å²) in [6.07, 6.45) is 3.49. The van der Waals surface area contributed by atoms with E-state index in [0.717, 1.165) is 43.1 Å². The highest BCUT2D eigenvalue weighted by molar-refractivity contribution is 5.49. The highest BCUT2D eigenvalue weighted by Gasteiger charge is 2.39. The smallest absolute Gasteiger partial charge is 0.161 e. The first kappa shape index (κ1) is 18.2. The average molecular weight is 371 g/mol. The molecule has 0 amide bonds. The van der Waals surface area contributed by atoms with Crippen LogP contribution in [-0.2, 0) is 13.1 Å². The molecule has 0 saturated carbocycles. The van der Waals surface area contributed by atoms with Crippen LogP contribution in [0.5, 0.6) is 11.5 Å². The lowest BCUT2D eigenvalue weighted by Gasteiger charge is -2.46. The first-order chi connectivity index (χ1) is 13.1. The van der Waals surface area contributed by atoms with Crippen LogP contribution in [0, 0.1) is 0 Å². The van der Waals surface area contributed by atoms with Crippen LogP contribution in [0.4, 0.5) is 4.39 Å². The molecule has 5 nitrogen and oxygen atoms in total. The van der Waals surface area contributed by atoms with Crippen molar-refractivity contribution >= 4 is 0 Å². The molecule has 0 spiro atoms. The number of hydrogen-bond donors (Lipinski definition) is 1. The summed E-state index contributed by atoms with van der Waals surface area (Å²) < 4.78 is 24.0. The highest BCUT2D eigenvalue weighted by Crippen LogP contribution is 2.43. The number of hydrogen-bond acceptors (Lipinski definition) is 5. The van der Waals surface area contributed by atoms with Gasteiger partial charge in [0.15, 0.2) is 11.5 Å². The molecule has 2 N–H and O–H groups in total. The Morgan fingerprint density at radius 2 is 2.00 bits per heavy atom. The van der Waals surface area contributed by atoms with Gasteiger partial charge in [-0.25, -0.2) is 4.39 Å². The van der Waals surface area contributed by atoms with Crippen molar-refractivity contribution in [3.05, 3.63) is 52.8 Å². The van der Waals surface area contributed by atoms with Crippen molar-refractivity contribution in [3.8, 4) is 11.5 Å². The van der Waals surface area contributed by atoms with Gasteiger partial charge in [-0.3, -0.25) is 9.88 Å². The fourth-order valence-corrected chi connectivity index (χ4v) is 4.48. The summed E-state index contributed by atoms with van der Waals surface area (Å²) in [5.74, 6) is 1.65. The second-order valence-electron chi connectivity index (χ2n) is 7.40. The van der Waals surface area contributed by atoms with Crippen LogP contribution in [0.3, 0.4) is 0 Å². The van der Waals surface area contributed by atoms with E-state index in [0.29, 0.717) is 5.56 Å². The number of pyridine rings is 1. The van der Waals surface area contributed by atoms with E-state index < -0.39 is 6.67 Å². The third-order valence-corrected chi connectivity index (χ3v) is 5.94. The van der Waals surface area contributed by atoms with Gasteiger partial charge < -0.3 is 15.2 Å². The highest BCUT2D eigenvalue weighted by atomic mass is 19.1. The molecule has 1 aromatic heterocycles. The van der Waals surface area contributed by atoms with Gasteiger partial charge in [0.05, 0.1) is 14.2 Å². The molecule has 3 heterocycles.